The van der Waals surface area contributed by atoms with Gasteiger partial charge < -0.3 is 20.4 Å². The summed E-state index contributed by atoms with van der Waals surface area (Å²) in [7, 11) is 3.35. The van der Waals surface area contributed by atoms with Crippen molar-refractivity contribution in [2.75, 3.05) is 7.05 Å². The van der Waals surface area contributed by atoms with Crippen molar-refractivity contribution < 1.29 is 18.8 Å². The third kappa shape index (κ3) is 5.98. The third-order valence-corrected chi connectivity index (χ3v) is 6.40. The summed E-state index contributed by atoms with van der Waals surface area (Å²) < 4.78 is 7.39. The number of amides is 3. The molecular formula is C26H31N5O4. The molecule has 2 heterocycles. The van der Waals surface area contributed by atoms with Gasteiger partial charge in [0, 0.05) is 32.4 Å². The molecule has 1 fully saturated rings. The van der Waals surface area contributed by atoms with Crippen molar-refractivity contribution in [2.24, 2.45) is 13.0 Å². The minimum Gasteiger partial charge on any atom is -0.451 e. The SMILES string of the molecule is CNC(=O)C(NC(=O)c1ccc(-c2ccc(CNC(=O)c3ccn(C)n3)cc2)o1)C1CCCCC1. The number of rotatable bonds is 8. The number of nitrogens with zero attached hydrogens (tertiary/aromatic N) is 2. The second-order valence-corrected chi connectivity index (χ2v) is 8.88. The van der Waals surface area contributed by atoms with E-state index in [1.165, 1.54) is 6.42 Å². The monoisotopic (exact) mass is 477 g/mol. The van der Waals surface area contributed by atoms with E-state index in [0.717, 1.165) is 36.8 Å². The average Bonchev–Trinajstić information content (AvgIpc) is 3.56. The molecule has 1 atom stereocenters. The Hall–Kier alpha value is -3.88. The minimum atomic E-state index is -0.568. The number of hydrogen-bond donors (Lipinski definition) is 3. The molecule has 1 aliphatic carbocycles. The first-order valence-corrected chi connectivity index (χ1v) is 11.9. The zero-order valence-electron chi connectivity index (χ0n) is 20.0. The highest BCUT2D eigenvalue weighted by Crippen LogP contribution is 2.27. The second kappa shape index (κ2) is 11.0. The van der Waals surface area contributed by atoms with Crippen LogP contribution < -0.4 is 16.0 Å². The molecule has 3 aromatic rings. The molecule has 1 saturated carbocycles. The summed E-state index contributed by atoms with van der Waals surface area (Å²) in [5.41, 5.74) is 2.09. The Morgan fingerprint density at radius 3 is 2.43 bits per heavy atom. The molecule has 9 heteroatoms. The maximum Gasteiger partial charge on any atom is 0.287 e. The fourth-order valence-electron chi connectivity index (χ4n) is 4.44. The second-order valence-electron chi connectivity index (χ2n) is 8.88. The van der Waals surface area contributed by atoms with Gasteiger partial charge in [0.1, 0.15) is 17.5 Å². The first-order chi connectivity index (χ1) is 16.9. The summed E-state index contributed by atoms with van der Waals surface area (Å²) in [6, 6.07) is 12.0. The lowest BCUT2D eigenvalue weighted by atomic mass is 9.83. The molecule has 9 nitrogen and oxygen atoms in total. The Bertz CT molecular complexity index is 1170. The Morgan fingerprint density at radius 1 is 1.03 bits per heavy atom. The Morgan fingerprint density at radius 2 is 1.77 bits per heavy atom. The Kier molecular flexibility index (Phi) is 7.64. The van der Waals surface area contributed by atoms with Crippen molar-refractivity contribution in [3.05, 3.63) is 65.7 Å². The van der Waals surface area contributed by atoms with Gasteiger partial charge in [-0.2, -0.15) is 5.10 Å². The molecule has 0 aliphatic heterocycles. The van der Waals surface area contributed by atoms with Crippen LogP contribution >= 0.6 is 0 Å². The van der Waals surface area contributed by atoms with Crippen molar-refractivity contribution in [1.29, 1.82) is 0 Å². The molecule has 1 aliphatic rings. The summed E-state index contributed by atoms with van der Waals surface area (Å²) in [6.45, 7) is 0.365. The third-order valence-electron chi connectivity index (χ3n) is 6.40. The molecule has 0 bridgehead atoms. The van der Waals surface area contributed by atoms with E-state index in [1.54, 1.807) is 43.2 Å². The Labute approximate surface area is 204 Å². The number of aryl methyl sites for hydroxylation is 1. The van der Waals surface area contributed by atoms with Crippen LogP contribution in [0.2, 0.25) is 0 Å². The smallest absolute Gasteiger partial charge is 0.287 e. The highest BCUT2D eigenvalue weighted by molar-refractivity contribution is 5.96. The van der Waals surface area contributed by atoms with Crippen LogP contribution in [0.5, 0.6) is 0 Å². The molecule has 1 unspecified atom stereocenters. The fourth-order valence-corrected chi connectivity index (χ4v) is 4.44. The number of aromatic nitrogens is 2. The van der Waals surface area contributed by atoms with Gasteiger partial charge in [0.15, 0.2) is 5.76 Å². The number of benzene rings is 1. The topological polar surface area (TPSA) is 118 Å². The van der Waals surface area contributed by atoms with Crippen molar-refractivity contribution in [3.8, 4) is 11.3 Å². The molecule has 2 aromatic heterocycles. The summed E-state index contributed by atoms with van der Waals surface area (Å²) in [6.07, 6.45) is 6.88. The summed E-state index contributed by atoms with van der Waals surface area (Å²) in [5, 5.41) is 12.5. The molecule has 1 aromatic carbocycles. The molecule has 184 valence electrons. The zero-order chi connectivity index (χ0) is 24.8. The lowest BCUT2D eigenvalue weighted by Gasteiger charge is -2.29. The maximum absolute atomic E-state index is 12.9. The summed E-state index contributed by atoms with van der Waals surface area (Å²) in [5.74, 6) is 0.0317. The standard InChI is InChI=1S/C26H31N5O4/c1-27-26(34)23(19-6-4-3-5-7-19)29-25(33)22-13-12-21(35-22)18-10-8-17(9-11-18)16-28-24(32)20-14-15-31(2)30-20/h8-15,19,23H,3-7,16H2,1-2H3,(H,27,34)(H,28,32)(H,29,33). The van der Waals surface area contributed by atoms with E-state index in [1.807, 2.05) is 24.3 Å². The molecule has 0 radical (unpaired) electrons. The molecule has 3 N–H and O–H groups in total. The minimum absolute atomic E-state index is 0.132. The predicted octanol–water partition coefficient (Wildman–Crippen LogP) is 3.03. The number of furan rings is 1. The van der Waals surface area contributed by atoms with Crippen LogP contribution in [0.25, 0.3) is 11.3 Å². The van der Waals surface area contributed by atoms with Crippen LogP contribution in [0.4, 0.5) is 0 Å². The van der Waals surface area contributed by atoms with Gasteiger partial charge in [0.05, 0.1) is 0 Å². The first-order valence-electron chi connectivity index (χ1n) is 11.9. The molecular weight excluding hydrogens is 446 g/mol. The van der Waals surface area contributed by atoms with Crippen LogP contribution in [-0.4, -0.2) is 40.6 Å². The fraction of sp³-hybridized carbons (Fsp3) is 0.385. The van der Waals surface area contributed by atoms with Gasteiger partial charge in [-0.3, -0.25) is 19.1 Å². The van der Waals surface area contributed by atoms with E-state index in [-0.39, 0.29) is 23.5 Å². The highest BCUT2D eigenvalue weighted by Gasteiger charge is 2.31. The van der Waals surface area contributed by atoms with Crippen LogP contribution in [0.1, 0.15) is 58.7 Å². The van der Waals surface area contributed by atoms with Crippen molar-refractivity contribution in [2.45, 2.75) is 44.7 Å². The van der Waals surface area contributed by atoms with Crippen LogP contribution in [0.3, 0.4) is 0 Å². The van der Waals surface area contributed by atoms with Gasteiger partial charge in [0.25, 0.3) is 11.8 Å². The van der Waals surface area contributed by atoms with Crippen LogP contribution in [0, 0.1) is 5.92 Å². The van der Waals surface area contributed by atoms with E-state index in [2.05, 4.69) is 21.0 Å². The zero-order valence-corrected chi connectivity index (χ0v) is 20.0. The van der Waals surface area contributed by atoms with Gasteiger partial charge >= 0.3 is 0 Å². The maximum atomic E-state index is 12.9. The molecule has 35 heavy (non-hydrogen) atoms. The van der Waals surface area contributed by atoms with E-state index in [4.69, 9.17) is 4.42 Å². The van der Waals surface area contributed by atoms with Gasteiger partial charge in [-0.25, -0.2) is 0 Å². The van der Waals surface area contributed by atoms with Gasteiger partial charge in [0.2, 0.25) is 5.91 Å². The van der Waals surface area contributed by atoms with Gasteiger partial charge in [-0.15, -0.1) is 0 Å². The predicted molar refractivity (Wildman–Crippen MR) is 130 cm³/mol. The molecule has 4 rings (SSSR count). The normalized spacial score (nSPS) is 14.8. The van der Waals surface area contributed by atoms with E-state index < -0.39 is 11.9 Å². The summed E-state index contributed by atoms with van der Waals surface area (Å²) >= 11 is 0. The Balaban J connectivity index is 1.37. The van der Waals surface area contributed by atoms with Crippen molar-refractivity contribution >= 4 is 17.7 Å². The summed E-state index contributed by atoms with van der Waals surface area (Å²) in [4.78, 5) is 37.4. The van der Waals surface area contributed by atoms with Crippen LogP contribution in [0.15, 0.2) is 53.1 Å². The average molecular weight is 478 g/mol. The first kappa shape index (κ1) is 24.3. The van der Waals surface area contributed by atoms with E-state index in [0.29, 0.717) is 18.0 Å². The largest absolute Gasteiger partial charge is 0.451 e. The van der Waals surface area contributed by atoms with Gasteiger partial charge in [-0.05, 0) is 42.5 Å². The number of nitrogens with one attached hydrogen (secondary N) is 3. The number of carbonyl (C=O) groups is 3. The van der Waals surface area contributed by atoms with Crippen LogP contribution in [-0.2, 0) is 18.4 Å². The number of hydrogen-bond acceptors (Lipinski definition) is 5. The molecule has 3 amide bonds. The molecule has 0 spiro atoms. The number of carbonyl (C=O) groups excluding carboxylic acids is 3. The highest BCUT2D eigenvalue weighted by atomic mass is 16.4. The van der Waals surface area contributed by atoms with Crippen molar-refractivity contribution in [1.82, 2.24) is 25.7 Å². The lowest BCUT2D eigenvalue weighted by molar-refractivity contribution is -0.124. The lowest BCUT2D eigenvalue weighted by Crippen LogP contribution is -2.50. The van der Waals surface area contributed by atoms with E-state index in [9.17, 15) is 14.4 Å². The van der Waals surface area contributed by atoms with E-state index >= 15 is 0 Å². The molecule has 0 saturated heterocycles. The quantitative estimate of drug-likeness (QED) is 0.461. The number of likely N-dealkylation sites (N-methyl/N-ethyl adjacent to an activating group) is 1. The van der Waals surface area contributed by atoms with Gasteiger partial charge in [-0.1, -0.05) is 43.5 Å². The van der Waals surface area contributed by atoms with Crippen molar-refractivity contribution in [3.63, 3.8) is 0 Å².